The van der Waals surface area contributed by atoms with E-state index in [4.69, 9.17) is 9.47 Å². The van der Waals surface area contributed by atoms with Gasteiger partial charge >= 0.3 is 0 Å². The van der Waals surface area contributed by atoms with E-state index in [1.807, 2.05) is 18.2 Å². The van der Waals surface area contributed by atoms with Crippen molar-refractivity contribution in [2.75, 3.05) is 13.2 Å². The van der Waals surface area contributed by atoms with E-state index < -0.39 is 6.10 Å². The molecule has 3 unspecified atom stereocenters. The molecule has 2 aliphatic rings. The van der Waals surface area contributed by atoms with E-state index in [0.29, 0.717) is 19.1 Å². The third-order valence-corrected chi connectivity index (χ3v) is 4.76. The summed E-state index contributed by atoms with van der Waals surface area (Å²) in [6.07, 6.45) is 5.57. The fraction of sp³-hybridized carbons (Fsp3) is 0.647. The van der Waals surface area contributed by atoms with Crippen molar-refractivity contribution in [3.8, 4) is 11.5 Å². The summed E-state index contributed by atoms with van der Waals surface area (Å²) in [6.45, 7) is 3.41. The Hall–Kier alpha value is -1.22. The molecule has 20 heavy (non-hydrogen) atoms. The van der Waals surface area contributed by atoms with Crippen molar-refractivity contribution in [3.63, 3.8) is 0 Å². The number of hydrogen-bond donors (Lipinski definition) is 1. The summed E-state index contributed by atoms with van der Waals surface area (Å²) in [6, 6.07) is 5.85. The smallest absolute Gasteiger partial charge is 0.167 e. The highest BCUT2D eigenvalue weighted by Crippen LogP contribution is 2.44. The summed E-state index contributed by atoms with van der Waals surface area (Å²) in [7, 11) is 0. The van der Waals surface area contributed by atoms with Crippen LogP contribution in [0.4, 0.5) is 0 Å². The standard InChI is InChI=1S/C17H24O3/c1-2-12-5-3-6-13(11-12)16(18)14-7-4-8-15-17(14)20-10-9-19-15/h4,7-8,12-13,16,18H,2-3,5-6,9-11H2,1H3. The SMILES string of the molecule is CCC1CCCC(C(O)c2cccc3c2OCCO3)C1. The topological polar surface area (TPSA) is 38.7 Å². The second-order valence-electron chi connectivity index (χ2n) is 6.02. The predicted molar refractivity (Wildman–Crippen MR) is 78.1 cm³/mol. The molecule has 1 heterocycles. The maximum atomic E-state index is 10.8. The van der Waals surface area contributed by atoms with Gasteiger partial charge in [0.1, 0.15) is 13.2 Å². The summed E-state index contributed by atoms with van der Waals surface area (Å²) in [5.41, 5.74) is 0.906. The maximum Gasteiger partial charge on any atom is 0.167 e. The quantitative estimate of drug-likeness (QED) is 0.914. The molecule has 1 aliphatic heterocycles. The minimum atomic E-state index is -0.430. The summed E-state index contributed by atoms with van der Waals surface area (Å²) in [5, 5.41) is 10.8. The van der Waals surface area contributed by atoms with E-state index in [1.165, 1.54) is 19.3 Å². The Morgan fingerprint density at radius 1 is 1.25 bits per heavy atom. The number of rotatable bonds is 3. The van der Waals surface area contributed by atoms with Crippen LogP contribution in [-0.4, -0.2) is 18.3 Å². The van der Waals surface area contributed by atoms with Gasteiger partial charge in [0.25, 0.3) is 0 Å². The molecule has 3 heteroatoms. The molecule has 0 bridgehead atoms. The maximum absolute atomic E-state index is 10.8. The molecule has 0 radical (unpaired) electrons. The van der Waals surface area contributed by atoms with Crippen LogP contribution in [0.1, 0.15) is 50.7 Å². The average Bonchev–Trinajstić information content (AvgIpc) is 2.53. The third kappa shape index (κ3) is 2.64. The van der Waals surface area contributed by atoms with Crippen molar-refractivity contribution in [2.24, 2.45) is 11.8 Å². The molecule has 0 amide bonds. The summed E-state index contributed by atoms with van der Waals surface area (Å²) >= 11 is 0. The van der Waals surface area contributed by atoms with E-state index in [-0.39, 0.29) is 0 Å². The summed E-state index contributed by atoms with van der Waals surface area (Å²) in [4.78, 5) is 0. The zero-order chi connectivity index (χ0) is 13.9. The molecular weight excluding hydrogens is 252 g/mol. The lowest BCUT2D eigenvalue weighted by Crippen LogP contribution is -2.23. The number of benzene rings is 1. The molecule has 1 aliphatic carbocycles. The number of fused-ring (bicyclic) bond motifs is 1. The van der Waals surface area contributed by atoms with Crippen molar-refractivity contribution < 1.29 is 14.6 Å². The predicted octanol–water partition coefficient (Wildman–Crippen LogP) is 3.71. The van der Waals surface area contributed by atoms with Gasteiger partial charge in [0, 0.05) is 5.56 Å². The van der Waals surface area contributed by atoms with Gasteiger partial charge in [-0.15, -0.1) is 0 Å². The van der Waals surface area contributed by atoms with Crippen LogP contribution >= 0.6 is 0 Å². The molecule has 0 spiro atoms. The van der Waals surface area contributed by atoms with Gasteiger partial charge in [-0.1, -0.05) is 38.3 Å². The van der Waals surface area contributed by atoms with Crippen LogP contribution in [0.5, 0.6) is 11.5 Å². The van der Waals surface area contributed by atoms with Crippen LogP contribution in [0.25, 0.3) is 0 Å². The van der Waals surface area contributed by atoms with Gasteiger partial charge in [0.2, 0.25) is 0 Å². The monoisotopic (exact) mass is 276 g/mol. The lowest BCUT2D eigenvalue weighted by molar-refractivity contribution is 0.0624. The van der Waals surface area contributed by atoms with Gasteiger partial charge in [0.15, 0.2) is 11.5 Å². The first kappa shape index (κ1) is 13.7. The Balaban J connectivity index is 1.81. The Labute approximate surface area is 120 Å². The molecule has 110 valence electrons. The highest BCUT2D eigenvalue weighted by molar-refractivity contribution is 5.48. The number of ether oxygens (including phenoxy) is 2. The largest absolute Gasteiger partial charge is 0.486 e. The first-order chi connectivity index (χ1) is 9.79. The second-order valence-corrected chi connectivity index (χ2v) is 6.02. The van der Waals surface area contributed by atoms with Crippen LogP contribution in [0.15, 0.2) is 18.2 Å². The number of hydrogen-bond acceptors (Lipinski definition) is 3. The third-order valence-electron chi connectivity index (χ3n) is 4.76. The van der Waals surface area contributed by atoms with Gasteiger partial charge in [-0.25, -0.2) is 0 Å². The highest BCUT2D eigenvalue weighted by Gasteiger charge is 2.30. The zero-order valence-electron chi connectivity index (χ0n) is 12.2. The van der Waals surface area contributed by atoms with Crippen LogP contribution < -0.4 is 9.47 Å². The lowest BCUT2D eigenvalue weighted by atomic mass is 9.76. The second kappa shape index (κ2) is 6.04. The number of aliphatic hydroxyl groups excluding tert-OH is 1. The van der Waals surface area contributed by atoms with Crippen molar-refractivity contribution in [3.05, 3.63) is 23.8 Å². The van der Waals surface area contributed by atoms with Crippen LogP contribution in [0.3, 0.4) is 0 Å². The van der Waals surface area contributed by atoms with Gasteiger partial charge < -0.3 is 14.6 Å². The van der Waals surface area contributed by atoms with Crippen molar-refractivity contribution >= 4 is 0 Å². The van der Waals surface area contributed by atoms with Gasteiger partial charge in [-0.2, -0.15) is 0 Å². The molecule has 1 aromatic carbocycles. The van der Waals surface area contributed by atoms with E-state index in [9.17, 15) is 5.11 Å². The number of para-hydroxylation sites is 1. The lowest BCUT2D eigenvalue weighted by Gasteiger charge is -2.33. The first-order valence-corrected chi connectivity index (χ1v) is 7.86. The van der Waals surface area contributed by atoms with E-state index in [0.717, 1.165) is 35.8 Å². The fourth-order valence-electron chi connectivity index (χ4n) is 3.57. The summed E-state index contributed by atoms with van der Waals surface area (Å²) in [5.74, 6) is 2.64. The van der Waals surface area contributed by atoms with Crippen molar-refractivity contribution in [1.82, 2.24) is 0 Å². The van der Waals surface area contributed by atoms with Gasteiger partial charge in [-0.3, -0.25) is 0 Å². The summed E-state index contributed by atoms with van der Waals surface area (Å²) < 4.78 is 11.3. The average molecular weight is 276 g/mol. The van der Waals surface area contributed by atoms with Gasteiger partial charge in [0.05, 0.1) is 6.10 Å². The Morgan fingerprint density at radius 2 is 2.10 bits per heavy atom. The highest BCUT2D eigenvalue weighted by atomic mass is 16.6. The molecule has 3 atom stereocenters. The normalized spacial score (nSPS) is 27.1. The molecule has 3 nitrogen and oxygen atoms in total. The minimum absolute atomic E-state index is 0.353. The Morgan fingerprint density at radius 3 is 2.95 bits per heavy atom. The van der Waals surface area contributed by atoms with Gasteiger partial charge in [-0.05, 0) is 30.7 Å². The number of aliphatic hydroxyl groups is 1. The van der Waals surface area contributed by atoms with E-state index >= 15 is 0 Å². The van der Waals surface area contributed by atoms with Crippen molar-refractivity contribution in [2.45, 2.75) is 45.1 Å². The molecule has 1 saturated carbocycles. The molecule has 3 rings (SSSR count). The molecule has 0 saturated heterocycles. The van der Waals surface area contributed by atoms with Crippen molar-refractivity contribution in [1.29, 1.82) is 0 Å². The fourth-order valence-corrected chi connectivity index (χ4v) is 3.57. The molecule has 1 N–H and O–H groups in total. The molecule has 1 aromatic rings. The van der Waals surface area contributed by atoms with Crippen LogP contribution in [0, 0.1) is 11.8 Å². The Kier molecular flexibility index (Phi) is 4.16. The van der Waals surface area contributed by atoms with Crippen LogP contribution in [-0.2, 0) is 0 Å². The minimum Gasteiger partial charge on any atom is -0.486 e. The molecular formula is C17H24O3. The van der Waals surface area contributed by atoms with E-state index in [1.54, 1.807) is 0 Å². The Bertz CT molecular complexity index is 458. The van der Waals surface area contributed by atoms with E-state index in [2.05, 4.69) is 6.92 Å². The molecule has 0 aromatic heterocycles. The van der Waals surface area contributed by atoms with Crippen LogP contribution in [0.2, 0.25) is 0 Å². The first-order valence-electron chi connectivity index (χ1n) is 7.86. The zero-order valence-corrected chi connectivity index (χ0v) is 12.2. The molecule has 1 fully saturated rings.